The van der Waals surface area contributed by atoms with Gasteiger partial charge in [0, 0.05) is 17.1 Å². The number of tetrazole rings is 1. The zero-order valence-electron chi connectivity index (χ0n) is 22.1. The molecule has 0 aliphatic carbocycles. The first kappa shape index (κ1) is 30.9. The van der Waals surface area contributed by atoms with E-state index in [0.717, 1.165) is 7.11 Å². The largest absolute Gasteiger partial charge is 0.478 e. The molecule has 218 valence electrons. The van der Waals surface area contributed by atoms with E-state index in [1.807, 2.05) is 0 Å². The number of carbonyl (C=O) groups is 4. The van der Waals surface area contributed by atoms with Crippen LogP contribution in [-0.2, 0) is 25.6 Å². The first-order valence-electron chi connectivity index (χ1n) is 12.1. The van der Waals surface area contributed by atoms with Crippen molar-refractivity contribution in [2.24, 2.45) is 5.92 Å². The van der Waals surface area contributed by atoms with Gasteiger partial charge in [-0.2, -0.15) is 5.21 Å². The summed E-state index contributed by atoms with van der Waals surface area (Å²) in [6, 6.07) is 9.49. The molecule has 0 saturated carbocycles. The van der Waals surface area contributed by atoms with E-state index in [0.29, 0.717) is 16.1 Å². The monoisotopic (exact) mass is 591 g/mol. The van der Waals surface area contributed by atoms with Gasteiger partial charge in [-0.15, -0.1) is 10.2 Å². The number of carbonyl (C=O) groups excluding carboxylic acids is 3. The quantitative estimate of drug-likeness (QED) is 0.178. The van der Waals surface area contributed by atoms with Gasteiger partial charge in [0.05, 0.1) is 13.7 Å². The molecule has 0 radical (unpaired) electrons. The number of halogens is 2. The zero-order valence-corrected chi connectivity index (χ0v) is 22.9. The molecule has 1 heterocycles. The Morgan fingerprint density at radius 2 is 1.85 bits per heavy atom. The normalized spacial score (nSPS) is 12.5. The number of carboxylic acid groups (broad SMARTS) is 1. The van der Waals surface area contributed by atoms with Gasteiger partial charge < -0.3 is 19.9 Å². The van der Waals surface area contributed by atoms with Gasteiger partial charge in [0.25, 0.3) is 5.82 Å². The first-order valence-corrected chi connectivity index (χ1v) is 12.5. The van der Waals surface area contributed by atoms with Gasteiger partial charge in [-0.3, -0.25) is 10.2 Å². The summed E-state index contributed by atoms with van der Waals surface area (Å²) >= 11 is 6.00. The molecule has 0 spiro atoms. The number of hydrogen-bond acceptors (Lipinski definition) is 10. The molecule has 4 N–H and O–H groups in total. The lowest BCUT2D eigenvalue weighted by Crippen LogP contribution is -2.51. The van der Waals surface area contributed by atoms with Gasteiger partial charge in [-0.05, 0) is 40.5 Å². The standard InChI is InChI=1S/C25H27ClFN7O7/c1-13(2)20(28-25(39)40-3)24(38)41-19(23(36)37)12-34(31-22(35)21-29-32-33-30-21)11-14-4-6-15(7-5-14)17-10-16(26)8-9-18(17)27/h4-10,13,19-20H,11-12H2,1-3H3,(H,28,39)(H,31,35)(H,36,37)(H,29,30,32,33). The number of aromatic amines is 1. The number of nitrogens with zero attached hydrogens (tertiary/aromatic N) is 4. The lowest BCUT2D eigenvalue weighted by molar-refractivity contribution is -0.167. The minimum absolute atomic E-state index is 0.0722. The van der Waals surface area contributed by atoms with Crippen LogP contribution >= 0.6 is 11.6 Å². The van der Waals surface area contributed by atoms with E-state index in [1.54, 1.807) is 38.1 Å². The number of rotatable bonds is 12. The van der Waals surface area contributed by atoms with Gasteiger partial charge in [0.2, 0.25) is 6.10 Å². The van der Waals surface area contributed by atoms with Crippen LogP contribution in [0.1, 0.15) is 30.0 Å². The van der Waals surface area contributed by atoms with E-state index in [-0.39, 0.29) is 17.9 Å². The minimum Gasteiger partial charge on any atom is -0.478 e. The fraction of sp³-hybridized carbons (Fsp3) is 0.320. The highest BCUT2D eigenvalue weighted by Crippen LogP contribution is 2.26. The van der Waals surface area contributed by atoms with Crippen LogP contribution in [0.15, 0.2) is 42.5 Å². The van der Waals surface area contributed by atoms with Crippen molar-refractivity contribution in [3.05, 3.63) is 64.7 Å². The maximum absolute atomic E-state index is 14.3. The molecule has 2 aromatic carbocycles. The summed E-state index contributed by atoms with van der Waals surface area (Å²) in [6.07, 6.45) is -2.67. The molecular weight excluding hydrogens is 565 g/mol. The van der Waals surface area contributed by atoms with E-state index < -0.39 is 54.4 Å². The Bertz CT molecular complexity index is 1370. The highest BCUT2D eigenvalue weighted by molar-refractivity contribution is 6.30. The number of aromatic nitrogens is 4. The Morgan fingerprint density at radius 3 is 2.44 bits per heavy atom. The highest BCUT2D eigenvalue weighted by Gasteiger charge is 2.33. The topological polar surface area (TPSA) is 189 Å². The van der Waals surface area contributed by atoms with Gasteiger partial charge in [-0.25, -0.2) is 23.8 Å². The van der Waals surface area contributed by atoms with Crippen LogP contribution < -0.4 is 10.7 Å². The predicted molar refractivity (Wildman–Crippen MR) is 141 cm³/mol. The number of nitrogens with one attached hydrogen (secondary N) is 3. The minimum atomic E-state index is -1.77. The Labute approximate surface area is 238 Å². The molecule has 0 bridgehead atoms. The van der Waals surface area contributed by atoms with Crippen molar-refractivity contribution in [1.29, 1.82) is 0 Å². The van der Waals surface area contributed by atoms with Crippen LogP contribution in [0.5, 0.6) is 0 Å². The Kier molecular flexibility index (Phi) is 10.7. The number of benzene rings is 2. The molecule has 0 aliphatic heterocycles. The molecule has 0 fully saturated rings. The molecule has 3 aromatic rings. The molecule has 2 amide bonds. The van der Waals surface area contributed by atoms with Crippen LogP contribution in [0, 0.1) is 11.7 Å². The van der Waals surface area contributed by atoms with E-state index in [2.05, 4.69) is 36.1 Å². The average molecular weight is 592 g/mol. The van der Waals surface area contributed by atoms with Crippen molar-refractivity contribution in [3.8, 4) is 11.1 Å². The molecule has 2 atom stereocenters. The first-order chi connectivity index (χ1) is 19.5. The summed E-state index contributed by atoms with van der Waals surface area (Å²) in [7, 11) is 1.11. The second kappa shape index (κ2) is 14.1. The number of H-pyrrole nitrogens is 1. The number of methoxy groups -OCH3 is 1. The van der Waals surface area contributed by atoms with Crippen LogP contribution in [0.4, 0.5) is 9.18 Å². The highest BCUT2D eigenvalue weighted by atomic mass is 35.5. The van der Waals surface area contributed by atoms with Crippen molar-refractivity contribution in [2.75, 3.05) is 13.7 Å². The third-order valence-corrected chi connectivity index (χ3v) is 5.91. The van der Waals surface area contributed by atoms with Crippen LogP contribution in [-0.4, -0.2) is 80.5 Å². The van der Waals surface area contributed by atoms with Crippen molar-refractivity contribution in [2.45, 2.75) is 32.5 Å². The molecule has 14 nitrogen and oxygen atoms in total. The summed E-state index contributed by atoms with van der Waals surface area (Å²) in [5.41, 5.74) is 3.86. The van der Waals surface area contributed by atoms with Crippen molar-refractivity contribution >= 4 is 35.5 Å². The molecule has 16 heteroatoms. The lowest BCUT2D eigenvalue weighted by atomic mass is 10.0. The third kappa shape index (κ3) is 8.68. The van der Waals surface area contributed by atoms with Crippen molar-refractivity contribution < 1.29 is 38.1 Å². The molecule has 0 saturated heterocycles. The number of aliphatic carboxylic acids is 1. The van der Waals surface area contributed by atoms with Crippen LogP contribution in [0.25, 0.3) is 11.1 Å². The van der Waals surface area contributed by atoms with Gasteiger partial charge in [0.15, 0.2) is 0 Å². The summed E-state index contributed by atoms with van der Waals surface area (Å²) in [5.74, 6) is -4.61. The number of ether oxygens (including phenoxy) is 2. The molecular formula is C25H27ClFN7O7. The second-order valence-corrected chi connectivity index (χ2v) is 9.44. The smallest absolute Gasteiger partial charge is 0.407 e. The fourth-order valence-electron chi connectivity index (χ4n) is 3.59. The predicted octanol–water partition coefficient (Wildman–Crippen LogP) is 2.18. The number of hydrogen-bond donors (Lipinski definition) is 4. The second-order valence-electron chi connectivity index (χ2n) is 9.00. The maximum atomic E-state index is 14.3. The number of alkyl carbamates (subject to hydrolysis) is 1. The van der Waals surface area contributed by atoms with E-state index in [4.69, 9.17) is 16.3 Å². The van der Waals surface area contributed by atoms with E-state index in [9.17, 15) is 28.7 Å². The van der Waals surface area contributed by atoms with Crippen LogP contribution in [0.2, 0.25) is 5.02 Å². The maximum Gasteiger partial charge on any atom is 0.407 e. The average Bonchev–Trinajstić information content (AvgIpc) is 3.48. The summed E-state index contributed by atoms with van der Waals surface area (Å²) < 4.78 is 24.0. The van der Waals surface area contributed by atoms with Gasteiger partial charge in [-0.1, -0.05) is 49.7 Å². The van der Waals surface area contributed by atoms with Crippen LogP contribution in [0.3, 0.4) is 0 Å². The molecule has 3 rings (SSSR count). The molecule has 41 heavy (non-hydrogen) atoms. The number of esters is 1. The Morgan fingerprint density at radius 1 is 1.15 bits per heavy atom. The van der Waals surface area contributed by atoms with Crippen molar-refractivity contribution in [1.82, 2.24) is 36.4 Å². The van der Waals surface area contributed by atoms with Gasteiger partial charge in [0.1, 0.15) is 11.9 Å². The molecule has 1 aromatic heterocycles. The number of carboxylic acids is 1. The molecule has 0 aliphatic rings. The Balaban J connectivity index is 1.82. The van der Waals surface area contributed by atoms with Gasteiger partial charge >= 0.3 is 23.9 Å². The summed E-state index contributed by atoms with van der Waals surface area (Å²) in [6.45, 7) is 2.65. The SMILES string of the molecule is COC(=O)NC(C(=O)OC(CN(Cc1ccc(-c2cc(Cl)ccc2F)cc1)NC(=O)c1nn[nH]n1)C(=O)O)C(C)C. The molecule has 2 unspecified atom stereocenters. The zero-order chi connectivity index (χ0) is 30.1. The number of amides is 2. The summed E-state index contributed by atoms with van der Waals surface area (Å²) in [5, 5.41) is 26.3. The van der Waals surface area contributed by atoms with E-state index in [1.165, 1.54) is 23.2 Å². The fourth-order valence-corrected chi connectivity index (χ4v) is 3.77. The lowest BCUT2D eigenvalue weighted by Gasteiger charge is -2.27. The number of hydrazine groups is 1. The van der Waals surface area contributed by atoms with E-state index >= 15 is 0 Å². The summed E-state index contributed by atoms with van der Waals surface area (Å²) in [4.78, 5) is 49.1. The Hall–Kier alpha value is -4.63. The third-order valence-electron chi connectivity index (χ3n) is 5.67. The van der Waals surface area contributed by atoms with Crippen molar-refractivity contribution in [3.63, 3.8) is 0 Å².